The van der Waals surface area contributed by atoms with Crippen molar-refractivity contribution in [3.8, 4) is 5.75 Å². The van der Waals surface area contributed by atoms with Crippen LogP contribution in [0.3, 0.4) is 0 Å². The van der Waals surface area contributed by atoms with Crippen LogP contribution >= 0.6 is 0 Å². The molecule has 0 radical (unpaired) electrons. The maximum absolute atomic E-state index is 11.6. The van der Waals surface area contributed by atoms with Crippen LogP contribution in [-0.4, -0.2) is 23.8 Å². The van der Waals surface area contributed by atoms with E-state index in [0.29, 0.717) is 6.54 Å². The normalized spacial score (nSPS) is 13.9. The molecule has 0 spiro atoms. The number of imide groups is 1. The Kier molecular flexibility index (Phi) is 4.76. The fourth-order valence-electron chi connectivity index (χ4n) is 2.18. The standard InChI is InChI=1S/C18H15INO3/c1-23-16-8-6-15(7-9-16)19-14-4-2-13(3-5-14)12-20-17(21)10-11-18(20)22/h2-11H,12H2,1H3/q-1. The van der Waals surface area contributed by atoms with E-state index in [9.17, 15) is 9.59 Å². The van der Waals surface area contributed by atoms with Gasteiger partial charge in [0, 0.05) is 0 Å². The SMILES string of the molecule is COc1ccc([I-]c2ccc(CN3C(=O)C=CC3=O)cc2)cc1. The molecule has 1 heterocycles. The summed E-state index contributed by atoms with van der Waals surface area (Å²) in [5.74, 6) is 0.371. The number of carbonyl (C=O) groups excluding carboxylic acids is 2. The van der Waals surface area contributed by atoms with E-state index < -0.39 is 0 Å². The quantitative estimate of drug-likeness (QED) is 0.473. The summed E-state index contributed by atoms with van der Waals surface area (Å²) in [6.07, 6.45) is 2.62. The summed E-state index contributed by atoms with van der Waals surface area (Å²) in [5.41, 5.74) is 0.956. The number of carbonyl (C=O) groups is 2. The third-order valence-electron chi connectivity index (χ3n) is 3.42. The number of methoxy groups -OCH3 is 1. The predicted octanol–water partition coefficient (Wildman–Crippen LogP) is -0.751. The zero-order chi connectivity index (χ0) is 16.2. The van der Waals surface area contributed by atoms with Gasteiger partial charge in [0.15, 0.2) is 0 Å². The van der Waals surface area contributed by atoms with Crippen molar-refractivity contribution >= 4 is 11.8 Å². The van der Waals surface area contributed by atoms with Gasteiger partial charge in [0.25, 0.3) is 0 Å². The van der Waals surface area contributed by atoms with Gasteiger partial charge in [-0.15, -0.1) is 0 Å². The molecule has 0 fully saturated rings. The van der Waals surface area contributed by atoms with Crippen LogP contribution in [0.15, 0.2) is 60.7 Å². The molecule has 1 aliphatic rings. The Morgan fingerprint density at radius 2 is 1.39 bits per heavy atom. The summed E-state index contributed by atoms with van der Waals surface area (Å²) in [4.78, 5) is 24.4. The second-order valence-corrected chi connectivity index (χ2v) is 8.01. The summed E-state index contributed by atoms with van der Waals surface area (Å²) < 4.78 is 7.76. The zero-order valence-electron chi connectivity index (χ0n) is 12.5. The molecule has 4 nitrogen and oxygen atoms in total. The van der Waals surface area contributed by atoms with E-state index in [1.807, 2.05) is 24.3 Å². The van der Waals surface area contributed by atoms with Crippen molar-refractivity contribution in [2.45, 2.75) is 6.54 Å². The minimum atomic E-state index is -0.252. The fourth-order valence-corrected chi connectivity index (χ4v) is 4.34. The second kappa shape index (κ2) is 6.95. The van der Waals surface area contributed by atoms with Crippen molar-refractivity contribution in [2.24, 2.45) is 0 Å². The van der Waals surface area contributed by atoms with Crippen LogP contribution in [0.4, 0.5) is 0 Å². The second-order valence-electron chi connectivity index (χ2n) is 4.97. The Bertz CT molecular complexity index is 733. The van der Waals surface area contributed by atoms with Gasteiger partial charge in [0.05, 0.1) is 0 Å². The van der Waals surface area contributed by atoms with E-state index in [-0.39, 0.29) is 33.0 Å². The molecule has 3 rings (SSSR count). The Labute approximate surface area is 145 Å². The van der Waals surface area contributed by atoms with E-state index in [1.54, 1.807) is 7.11 Å². The summed E-state index contributed by atoms with van der Waals surface area (Å²) in [7, 11) is 1.66. The number of amides is 2. The van der Waals surface area contributed by atoms with Gasteiger partial charge in [-0.2, -0.15) is 0 Å². The van der Waals surface area contributed by atoms with Gasteiger partial charge in [-0.3, -0.25) is 0 Å². The van der Waals surface area contributed by atoms with Crippen LogP contribution < -0.4 is 25.9 Å². The van der Waals surface area contributed by atoms with Crippen LogP contribution in [0.2, 0.25) is 0 Å². The van der Waals surface area contributed by atoms with Crippen LogP contribution in [0.25, 0.3) is 0 Å². The Morgan fingerprint density at radius 1 is 0.870 bits per heavy atom. The summed E-state index contributed by atoms with van der Waals surface area (Å²) >= 11 is -0.252. The first kappa shape index (κ1) is 15.7. The van der Waals surface area contributed by atoms with Crippen LogP contribution in [-0.2, 0) is 16.1 Å². The summed E-state index contributed by atoms with van der Waals surface area (Å²) in [6, 6.07) is 16.2. The van der Waals surface area contributed by atoms with Gasteiger partial charge < -0.3 is 0 Å². The van der Waals surface area contributed by atoms with Crippen LogP contribution in [0, 0.1) is 7.14 Å². The van der Waals surface area contributed by atoms with Gasteiger partial charge in [-0.1, -0.05) is 0 Å². The molecule has 0 saturated heterocycles. The first-order chi connectivity index (χ1) is 11.2. The van der Waals surface area contributed by atoms with Crippen molar-refractivity contribution < 1.29 is 35.5 Å². The van der Waals surface area contributed by atoms with E-state index in [1.165, 1.54) is 24.2 Å². The van der Waals surface area contributed by atoms with Gasteiger partial charge in [0.2, 0.25) is 0 Å². The molecule has 0 atom stereocenters. The van der Waals surface area contributed by atoms with Gasteiger partial charge >= 0.3 is 145 Å². The van der Waals surface area contributed by atoms with Crippen molar-refractivity contribution in [2.75, 3.05) is 7.11 Å². The number of benzene rings is 2. The number of ether oxygens (including phenoxy) is 1. The molecule has 23 heavy (non-hydrogen) atoms. The Hall–Kier alpha value is -2.15. The Morgan fingerprint density at radius 3 is 1.91 bits per heavy atom. The van der Waals surface area contributed by atoms with Gasteiger partial charge in [-0.25, -0.2) is 0 Å². The summed E-state index contributed by atoms with van der Waals surface area (Å²) in [5, 5.41) is 0. The average Bonchev–Trinajstić information content (AvgIpc) is 2.89. The molecule has 0 saturated carbocycles. The molecule has 0 unspecified atom stereocenters. The molecule has 5 heteroatoms. The first-order valence-corrected chi connectivity index (χ1v) is 9.23. The molecule has 0 aromatic heterocycles. The summed E-state index contributed by atoms with van der Waals surface area (Å²) in [6.45, 7) is 0.325. The molecule has 2 aromatic rings. The third kappa shape index (κ3) is 3.79. The van der Waals surface area contributed by atoms with Crippen LogP contribution in [0.1, 0.15) is 5.56 Å². The van der Waals surface area contributed by atoms with Crippen molar-refractivity contribution in [1.29, 1.82) is 0 Å². The number of rotatable bonds is 5. The van der Waals surface area contributed by atoms with E-state index in [0.717, 1.165) is 11.3 Å². The Balaban J connectivity index is 1.64. The fraction of sp³-hybridized carbons (Fsp3) is 0.111. The van der Waals surface area contributed by atoms with Crippen molar-refractivity contribution in [1.82, 2.24) is 4.90 Å². The molecular weight excluding hydrogens is 405 g/mol. The minimum absolute atomic E-state index is 0.246. The first-order valence-electron chi connectivity index (χ1n) is 7.07. The predicted molar refractivity (Wildman–Crippen MR) is 81.5 cm³/mol. The average molecular weight is 420 g/mol. The van der Waals surface area contributed by atoms with E-state index in [2.05, 4.69) is 24.3 Å². The van der Waals surface area contributed by atoms with Gasteiger partial charge in [0.1, 0.15) is 0 Å². The van der Waals surface area contributed by atoms with E-state index >= 15 is 0 Å². The monoisotopic (exact) mass is 420 g/mol. The molecule has 2 amide bonds. The number of hydrogen-bond donors (Lipinski definition) is 0. The maximum atomic E-state index is 11.6. The molecular formula is C18H15INO3-. The van der Waals surface area contributed by atoms with Crippen LogP contribution in [0.5, 0.6) is 5.75 Å². The third-order valence-corrected chi connectivity index (χ3v) is 6.11. The molecule has 0 aliphatic carbocycles. The zero-order valence-corrected chi connectivity index (χ0v) is 14.7. The molecule has 118 valence electrons. The molecule has 0 N–H and O–H groups in total. The number of halogens is 1. The molecule has 0 bridgehead atoms. The van der Waals surface area contributed by atoms with Crippen molar-refractivity contribution in [3.63, 3.8) is 0 Å². The molecule has 1 aliphatic heterocycles. The number of hydrogen-bond acceptors (Lipinski definition) is 3. The van der Waals surface area contributed by atoms with Crippen molar-refractivity contribution in [3.05, 3.63) is 73.4 Å². The van der Waals surface area contributed by atoms with E-state index in [4.69, 9.17) is 4.74 Å². The van der Waals surface area contributed by atoms with Gasteiger partial charge in [-0.05, 0) is 0 Å². The molecule has 2 aromatic carbocycles. The number of nitrogens with zero attached hydrogens (tertiary/aromatic N) is 1. The topological polar surface area (TPSA) is 46.6 Å².